The van der Waals surface area contributed by atoms with Crippen molar-refractivity contribution in [3.8, 4) is 0 Å². The molecule has 0 unspecified atom stereocenters. The van der Waals surface area contributed by atoms with Crippen LogP contribution in [0.3, 0.4) is 0 Å². The van der Waals surface area contributed by atoms with E-state index >= 15 is 0 Å². The minimum atomic E-state index is -0.263. The first kappa shape index (κ1) is 10.8. The summed E-state index contributed by atoms with van der Waals surface area (Å²) < 4.78 is 0. The SMILES string of the molecule is CCC(CC)(C(=N)N)c1ccccc1. The number of hydrogen-bond acceptors (Lipinski definition) is 1. The number of nitrogens with two attached hydrogens (primary N) is 1. The zero-order valence-corrected chi connectivity index (χ0v) is 8.88. The minimum absolute atomic E-state index is 0.263. The van der Waals surface area contributed by atoms with E-state index in [9.17, 15) is 0 Å². The van der Waals surface area contributed by atoms with Crippen molar-refractivity contribution in [2.24, 2.45) is 5.73 Å². The van der Waals surface area contributed by atoms with E-state index in [1.165, 1.54) is 0 Å². The predicted octanol–water partition coefficient (Wildman–Crippen LogP) is 2.68. The third kappa shape index (κ3) is 1.65. The van der Waals surface area contributed by atoms with E-state index < -0.39 is 0 Å². The van der Waals surface area contributed by atoms with E-state index in [1.807, 2.05) is 18.2 Å². The summed E-state index contributed by atoms with van der Waals surface area (Å²) in [4.78, 5) is 0. The van der Waals surface area contributed by atoms with Gasteiger partial charge in [-0.25, -0.2) is 0 Å². The van der Waals surface area contributed by atoms with Gasteiger partial charge in [0.2, 0.25) is 0 Å². The van der Waals surface area contributed by atoms with Gasteiger partial charge in [0.1, 0.15) is 5.84 Å². The van der Waals surface area contributed by atoms with Crippen molar-refractivity contribution < 1.29 is 0 Å². The summed E-state index contributed by atoms with van der Waals surface area (Å²) in [6.45, 7) is 4.16. The van der Waals surface area contributed by atoms with Gasteiger partial charge < -0.3 is 5.73 Å². The van der Waals surface area contributed by atoms with Crippen molar-refractivity contribution >= 4 is 5.84 Å². The minimum Gasteiger partial charge on any atom is -0.387 e. The third-order valence-corrected chi connectivity index (χ3v) is 3.05. The fourth-order valence-electron chi connectivity index (χ4n) is 1.95. The second-order valence-corrected chi connectivity index (χ2v) is 3.57. The molecule has 0 saturated heterocycles. The highest BCUT2D eigenvalue weighted by Gasteiger charge is 2.31. The summed E-state index contributed by atoms with van der Waals surface area (Å²) >= 11 is 0. The van der Waals surface area contributed by atoms with E-state index in [-0.39, 0.29) is 11.3 Å². The van der Waals surface area contributed by atoms with Gasteiger partial charge in [0, 0.05) is 0 Å². The molecule has 0 heterocycles. The number of benzene rings is 1. The molecule has 14 heavy (non-hydrogen) atoms. The molecule has 3 N–H and O–H groups in total. The van der Waals surface area contributed by atoms with Gasteiger partial charge in [-0.3, -0.25) is 5.41 Å². The Morgan fingerprint density at radius 2 is 1.71 bits per heavy atom. The fraction of sp³-hybridized carbons (Fsp3) is 0.417. The molecule has 0 atom stereocenters. The summed E-state index contributed by atoms with van der Waals surface area (Å²) in [5, 5.41) is 7.71. The van der Waals surface area contributed by atoms with Crippen LogP contribution in [0, 0.1) is 5.41 Å². The van der Waals surface area contributed by atoms with Crippen LogP contribution < -0.4 is 5.73 Å². The first-order chi connectivity index (χ1) is 6.67. The monoisotopic (exact) mass is 190 g/mol. The van der Waals surface area contributed by atoms with Gasteiger partial charge in [-0.05, 0) is 18.4 Å². The van der Waals surface area contributed by atoms with Crippen LogP contribution in [-0.4, -0.2) is 5.84 Å². The quantitative estimate of drug-likeness (QED) is 0.556. The van der Waals surface area contributed by atoms with E-state index in [2.05, 4.69) is 26.0 Å². The molecule has 0 radical (unpaired) electrons. The van der Waals surface area contributed by atoms with Crippen LogP contribution >= 0.6 is 0 Å². The molecule has 2 nitrogen and oxygen atoms in total. The third-order valence-electron chi connectivity index (χ3n) is 3.05. The van der Waals surface area contributed by atoms with Gasteiger partial charge in [-0.2, -0.15) is 0 Å². The van der Waals surface area contributed by atoms with E-state index in [0.717, 1.165) is 18.4 Å². The maximum atomic E-state index is 7.71. The molecular weight excluding hydrogens is 172 g/mol. The van der Waals surface area contributed by atoms with Crippen LogP contribution in [0.15, 0.2) is 30.3 Å². The van der Waals surface area contributed by atoms with Gasteiger partial charge >= 0.3 is 0 Å². The number of hydrogen-bond donors (Lipinski definition) is 2. The Hall–Kier alpha value is -1.31. The van der Waals surface area contributed by atoms with Crippen molar-refractivity contribution in [1.29, 1.82) is 5.41 Å². The second-order valence-electron chi connectivity index (χ2n) is 3.57. The Morgan fingerprint density at radius 3 is 2.07 bits per heavy atom. The van der Waals surface area contributed by atoms with Crippen molar-refractivity contribution in [2.75, 3.05) is 0 Å². The van der Waals surface area contributed by atoms with E-state index in [4.69, 9.17) is 11.1 Å². The zero-order chi connectivity index (χ0) is 10.6. The summed E-state index contributed by atoms with van der Waals surface area (Å²) in [5.74, 6) is 0.272. The zero-order valence-electron chi connectivity index (χ0n) is 8.88. The molecule has 1 rings (SSSR count). The van der Waals surface area contributed by atoms with Crippen molar-refractivity contribution in [1.82, 2.24) is 0 Å². The number of nitrogens with one attached hydrogen (secondary N) is 1. The van der Waals surface area contributed by atoms with Gasteiger partial charge in [0.15, 0.2) is 0 Å². The lowest BCUT2D eigenvalue weighted by molar-refractivity contribution is 0.526. The molecule has 1 aromatic rings. The normalized spacial score (nSPS) is 11.3. The van der Waals surface area contributed by atoms with Gasteiger partial charge in [-0.15, -0.1) is 0 Å². The van der Waals surface area contributed by atoms with Gasteiger partial charge in [-0.1, -0.05) is 44.2 Å². The van der Waals surface area contributed by atoms with E-state index in [1.54, 1.807) is 0 Å². The molecule has 76 valence electrons. The molecule has 0 aromatic heterocycles. The summed E-state index contributed by atoms with van der Waals surface area (Å²) in [7, 11) is 0. The molecule has 2 heteroatoms. The van der Waals surface area contributed by atoms with Crippen molar-refractivity contribution in [3.05, 3.63) is 35.9 Å². The number of amidine groups is 1. The Morgan fingerprint density at radius 1 is 1.21 bits per heavy atom. The molecule has 1 aromatic carbocycles. The Kier molecular flexibility index (Phi) is 3.28. The maximum absolute atomic E-state index is 7.71. The highest BCUT2D eigenvalue weighted by atomic mass is 14.7. The molecule has 0 aliphatic rings. The topological polar surface area (TPSA) is 49.9 Å². The molecule has 0 saturated carbocycles. The first-order valence-corrected chi connectivity index (χ1v) is 5.07. The van der Waals surface area contributed by atoms with E-state index in [0.29, 0.717) is 0 Å². The second kappa shape index (κ2) is 4.27. The molecule has 0 fully saturated rings. The molecule has 0 bridgehead atoms. The van der Waals surface area contributed by atoms with Crippen LogP contribution in [0.4, 0.5) is 0 Å². The average Bonchev–Trinajstić information content (AvgIpc) is 2.22. The molecule has 0 spiro atoms. The summed E-state index contributed by atoms with van der Waals surface area (Å²) in [6.07, 6.45) is 1.76. The van der Waals surface area contributed by atoms with Gasteiger partial charge in [0.05, 0.1) is 5.41 Å². The van der Waals surface area contributed by atoms with Crippen LogP contribution in [0.2, 0.25) is 0 Å². The smallest absolute Gasteiger partial charge is 0.101 e. The summed E-state index contributed by atoms with van der Waals surface area (Å²) in [5.41, 5.74) is 6.60. The average molecular weight is 190 g/mol. The standard InChI is InChI=1S/C12H18N2/c1-3-12(4-2,11(13)14)10-8-6-5-7-9-10/h5-9H,3-4H2,1-2H3,(H3,13,14). The Bertz CT molecular complexity index is 299. The maximum Gasteiger partial charge on any atom is 0.101 e. The largest absolute Gasteiger partial charge is 0.387 e. The lowest BCUT2D eigenvalue weighted by atomic mass is 9.75. The Labute approximate surface area is 85.6 Å². The van der Waals surface area contributed by atoms with Crippen molar-refractivity contribution in [3.63, 3.8) is 0 Å². The summed E-state index contributed by atoms with van der Waals surface area (Å²) in [6, 6.07) is 10.1. The molecule has 0 aliphatic carbocycles. The Balaban J connectivity index is 3.18. The van der Waals surface area contributed by atoms with Crippen LogP contribution in [0.25, 0.3) is 0 Å². The van der Waals surface area contributed by atoms with Crippen LogP contribution in [0.5, 0.6) is 0 Å². The molecule has 0 amide bonds. The number of rotatable bonds is 4. The van der Waals surface area contributed by atoms with Crippen LogP contribution in [0.1, 0.15) is 32.3 Å². The predicted molar refractivity (Wildman–Crippen MR) is 60.6 cm³/mol. The van der Waals surface area contributed by atoms with Gasteiger partial charge in [0.25, 0.3) is 0 Å². The van der Waals surface area contributed by atoms with Crippen LogP contribution in [-0.2, 0) is 5.41 Å². The highest BCUT2D eigenvalue weighted by Crippen LogP contribution is 2.31. The molecular formula is C12H18N2. The fourth-order valence-corrected chi connectivity index (χ4v) is 1.95. The lowest BCUT2D eigenvalue weighted by Crippen LogP contribution is -2.39. The van der Waals surface area contributed by atoms with Crippen molar-refractivity contribution in [2.45, 2.75) is 32.1 Å². The first-order valence-electron chi connectivity index (χ1n) is 5.07. The molecule has 0 aliphatic heterocycles. The highest BCUT2D eigenvalue weighted by molar-refractivity contribution is 5.89. The lowest BCUT2D eigenvalue weighted by Gasteiger charge is -2.30.